The summed E-state index contributed by atoms with van der Waals surface area (Å²) in [6, 6.07) is 0. The van der Waals surface area contributed by atoms with Gasteiger partial charge in [0, 0.05) is 12.5 Å². The van der Waals surface area contributed by atoms with Crippen molar-refractivity contribution in [2.75, 3.05) is 6.54 Å². The highest BCUT2D eigenvalue weighted by Crippen LogP contribution is 2.05. The summed E-state index contributed by atoms with van der Waals surface area (Å²) in [4.78, 5) is 19.9. The Bertz CT molecular complexity index is 114. The van der Waals surface area contributed by atoms with Gasteiger partial charge in [-0.2, -0.15) is 0 Å². The molecule has 1 N–H and O–H groups in total. The third-order valence-corrected chi connectivity index (χ3v) is 1.61. The van der Waals surface area contributed by atoms with Crippen LogP contribution >= 0.6 is 0 Å². The molecule has 0 aliphatic carbocycles. The second-order valence-corrected chi connectivity index (χ2v) is 2.46. The Labute approximate surface area is 60.8 Å². The molecule has 1 radical (unpaired) electrons. The smallest absolute Gasteiger partial charge is 0.309 e. The summed E-state index contributed by atoms with van der Waals surface area (Å²) in [6.07, 6.45) is 2.45. The van der Waals surface area contributed by atoms with E-state index in [0.29, 0.717) is 6.54 Å². The standard InChI is InChI=1S/C7H12NO2/c1-6(3-8-5-10)7(2)4-9/h4,6-7H,3H2,1-2H3,(H,8,10). The minimum atomic E-state index is 0.000787. The van der Waals surface area contributed by atoms with E-state index in [1.54, 1.807) is 6.41 Å². The van der Waals surface area contributed by atoms with Crippen LogP contribution in [0.2, 0.25) is 0 Å². The van der Waals surface area contributed by atoms with Crippen LogP contribution in [0.25, 0.3) is 0 Å². The van der Waals surface area contributed by atoms with Gasteiger partial charge in [-0.1, -0.05) is 13.8 Å². The molecule has 0 saturated carbocycles. The Hall–Kier alpha value is -0.860. The first-order valence-electron chi connectivity index (χ1n) is 3.27. The van der Waals surface area contributed by atoms with Gasteiger partial charge >= 0.3 is 6.41 Å². The second kappa shape index (κ2) is 4.97. The highest BCUT2D eigenvalue weighted by atomic mass is 16.1. The number of rotatable bonds is 5. The number of hydrogen-bond acceptors (Lipinski definition) is 2. The van der Waals surface area contributed by atoms with E-state index in [0.717, 1.165) is 6.29 Å². The van der Waals surface area contributed by atoms with Crippen LogP contribution in [-0.4, -0.2) is 19.2 Å². The number of aldehydes is 1. The molecule has 0 fully saturated rings. The van der Waals surface area contributed by atoms with Crippen LogP contribution in [0.15, 0.2) is 0 Å². The van der Waals surface area contributed by atoms with Crippen molar-refractivity contribution in [3.05, 3.63) is 0 Å². The molecule has 10 heavy (non-hydrogen) atoms. The van der Waals surface area contributed by atoms with Crippen molar-refractivity contribution in [3.63, 3.8) is 0 Å². The second-order valence-electron chi connectivity index (χ2n) is 2.46. The van der Waals surface area contributed by atoms with E-state index in [1.165, 1.54) is 0 Å². The molecule has 2 unspecified atom stereocenters. The first-order chi connectivity index (χ1) is 4.72. The monoisotopic (exact) mass is 142 g/mol. The maximum absolute atomic E-state index is 10.2. The van der Waals surface area contributed by atoms with E-state index in [9.17, 15) is 9.59 Å². The maximum Gasteiger partial charge on any atom is 0.309 e. The van der Waals surface area contributed by atoms with Crippen LogP contribution in [0.4, 0.5) is 0 Å². The van der Waals surface area contributed by atoms with Crippen LogP contribution < -0.4 is 5.32 Å². The molecule has 3 heteroatoms. The lowest BCUT2D eigenvalue weighted by Crippen LogP contribution is -2.24. The van der Waals surface area contributed by atoms with Gasteiger partial charge in [-0.05, 0) is 5.92 Å². The molecule has 0 heterocycles. The third kappa shape index (κ3) is 3.22. The maximum atomic E-state index is 10.2. The van der Waals surface area contributed by atoms with Crippen molar-refractivity contribution < 1.29 is 9.59 Å². The molecule has 0 rings (SSSR count). The largest absolute Gasteiger partial charge is 0.348 e. The van der Waals surface area contributed by atoms with Crippen LogP contribution in [-0.2, 0) is 9.59 Å². The van der Waals surface area contributed by atoms with Gasteiger partial charge in [0.05, 0.1) is 0 Å². The molecule has 1 amide bonds. The van der Waals surface area contributed by atoms with Crippen molar-refractivity contribution in [2.45, 2.75) is 13.8 Å². The van der Waals surface area contributed by atoms with Gasteiger partial charge in [0.15, 0.2) is 0 Å². The number of hydrogen-bond donors (Lipinski definition) is 1. The molecule has 0 aliphatic rings. The van der Waals surface area contributed by atoms with E-state index < -0.39 is 0 Å². The number of carbonyl (C=O) groups is 1. The number of carbonyl (C=O) groups excluding carboxylic acids is 2. The molecule has 0 saturated heterocycles. The zero-order valence-electron chi connectivity index (χ0n) is 6.26. The molecule has 0 aromatic carbocycles. The fourth-order valence-corrected chi connectivity index (χ4v) is 0.523. The molecule has 0 bridgehead atoms. The summed E-state index contributed by atoms with van der Waals surface area (Å²) in [5.74, 6) is 0.194. The minimum absolute atomic E-state index is 0.000787. The normalized spacial score (nSPS) is 15.4. The molecule has 0 aliphatic heterocycles. The topological polar surface area (TPSA) is 46.2 Å². The van der Waals surface area contributed by atoms with Gasteiger partial charge < -0.3 is 10.1 Å². The van der Waals surface area contributed by atoms with E-state index in [4.69, 9.17) is 0 Å². The lowest BCUT2D eigenvalue weighted by Gasteiger charge is -2.11. The predicted molar refractivity (Wildman–Crippen MR) is 38.1 cm³/mol. The lowest BCUT2D eigenvalue weighted by molar-refractivity contribution is -0.111. The zero-order chi connectivity index (χ0) is 7.98. The van der Waals surface area contributed by atoms with E-state index >= 15 is 0 Å². The molecule has 0 aromatic heterocycles. The Balaban J connectivity index is 3.49. The van der Waals surface area contributed by atoms with Crippen molar-refractivity contribution in [1.29, 1.82) is 0 Å². The van der Waals surface area contributed by atoms with E-state index in [-0.39, 0.29) is 11.8 Å². The molecule has 2 atom stereocenters. The quantitative estimate of drug-likeness (QED) is 0.437. The molecule has 0 spiro atoms. The fourth-order valence-electron chi connectivity index (χ4n) is 0.523. The Morgan fingerprint density at radius 1 is 1.60 bits per heavy atom. The lowest BCUT2D eigenvalue weighted by atomic mass is 9.98. The van der Waals surface area contributed by atoms with Gasteiger partial charge in [-0.25, -0.2) is 0 Å². The third-order valence-electron chi connectivity index (χ3n) is 1.61. The molecule has 0 aromatic rings. The summed E-state index contributed by atoms with van der Waals surface area (Å²) in [5, 5.41) is 2.40. The highest BCUT2D eigenvalue weighted by Gasteiger charge is 2.09. The van der Waals surface area contributed by atoms with Gasteiger partial charge in [0.2, 0.25) is 0 Å². The molecular formula is C7H12NO2. The summed E-state index contributed by atoms with van der Waals surface area (Å²) in [7, 11) is 0. The minimum Gasteiger partial charge on any atom is -0.348 e. The van der Waals surface area contributed by atoms with Gasteiger partial charge in [0.25, 0.3) is 0 Å². The van der Waals surface area contributed by atoms with E-state index in [2.05, 4.69) is 5.32 Å². The highest BCUT2D eigenvalue weighted by molar-refractivity contribution is 5.53. The van der Waals surface area contributed by atoms with Crippen LogP contribution in [0.1, 0.15) is 13.8 Å². The van der Waals surface area contributed by atoms with Crippen molar-refractivity contribution in [2.24, 2.45) is 11.8 Å². The van der Waals surface area contributed by atoms with Crippen molar-refractivity contribution >= 4 is 12.7 Å². The number of amides is 1. The van der Waals surface area contributed by atoms with Gasteiger partial charge in [0.1, 0.15) is 6.29 Å². The summed E-state index contributed by atoms with van der Waals surface area (Å²) in [5.41, 5.74) is 0. The van der Waals surface area contributed by atoms with Crippen molar-refractivity contribution in [3.8, 4) is 0 Å². The average molecular weight is 142 g/mol. The van der Waals surface area contributed by atoms with Gasteiger partial charge in [-0.3, -0.25) is 4.79 Å². The Morgan fingerprint density at radius 2 is 2.20 bits per heavy atom. The molecule has 3 nitrogen and oxygen atoms in total. The fraction of sp³-hybridized carbons (Fsp3) is 0.714. The first-order valence-corrected chi connectivity index (χ1v) is 3.27. The summed E-state index contributed by atoms with van der Waals surface area (Å²) < 4.78 is 0. The summed E-state index contributed by atoms with van der Waals surface area (Å²) in [6.45, 7) is 4.25. The predicted octanol–water partition coefficient (Wildman–Crippen LogP) is 0.114. The Kier molecular flexibility index (Phi) is 4.54. The van der Waals surface area contributed by atoms with E-state index in [1.807, 2.05) is 13.8 Å². The van der Waals surface area contributed by atoms with Crippen LogP contribution in [0.3, 0.4) is 0 Å². The van der Waals surface area contributed by atoms with Crippen molar-refractivity contribution in [1.82, 2.24) is 5.32 Å². The Morgan fingerprint density at radius 3 is 2.60 bits per heavy atom. The first kappa shape index (κ1) is 9.14. The average Bonchev–Trinajstić information content (AvgIpc) is 1.98. The zero-order valence-corrected chi connectivity index (χ0v) is 6.26. The SMILES string of the molecule is CC(C=O)C(C)CN[C]=O. The van der Waals surface area contributed by atoms with Crippen LogP contribution in [0.5, 0.6) is 0 Å². The van der Waals surface area contributed by atoms with Gasteiger partial charge in [-0.15, -0.1) is 0 Å². The molecule has 57 valence electrons. The number of nitrogens with one attached hydrogen (secondary N) is 1. The van der Waals surface area contributed by atoms with Crippen LogP contribution in [0, 0.1) is 11.8 Å². The molecular weight excluding hydrogens is 130 g/mol. The summed E-state index contributed by atoms with van der Waals surface area (Å²) >= 11 is 0.